The maximum absolute atomic E-state index is 10.4. The molecule has 0 fully saturated rings. The lowest BCUT2D eigenvalue weighted by molar-refractivity contribution is -0.136. The summed E-state index contributed by atoms with van der Waals surface area (Å²) in [5.41, 5.74) is 0. The summed E-state index contributed by atoms with van der Waals surface area (Å²) in [7, 11) is 1.85. The van der Waals surface area contributed by atoms with Crippen molar-refractivity contribution in [1.82, 2.24) is 9.55 Å². The van der Waals surface area contributed by atoms with E-state index in [4.69, 9.17) is 16.7 Å². The Balaban J connectivity index is 2.44. The number of carbonyl (C=O) groups is 1. The second kappa shape index (κ2) is 4.53. The van der Waals surface area contributed by atoms with E-state index in [0.717, 1.165) is 5.16 Å². The van der Waals surface area contributed by atoms with Gasteiger partial charge in [0.05, 0.1) is 0 Å². The standard InChI is InChI=1S/C7H9ClN2O2S/c1-10-3-2-9-7(10)13-4-5(8)6(11)12/h2-3,5H,4H2,1H3,(H,11,12). The van der Waals surface area contributed by atoms with Gasteiger partial charge in [0.2, 0.25) is 0 Å². The number of aliphatic carboxylic acids is 1. The van der Waals surface area contributed by atoms with Crippen molar-refractivity contribution in [1.29, 1.82) is 0 Å². The van der Waals surface area contributed by atoms with Crippen LogP contribution in [-0.2, 0) is 11.8 Å². The molecule has 0 aliphatic carbocycles. The zero-order chi connectivity index (χ0) is 9.84. The third kappa shape index (κ3) is 2.93. The van der Waals surface area contributed by atoms with E-state index in [1.165, 1.54) is 11.8 Å². The first-order valence-electron chi connectivity index (χ1n) is 3.58. The Bertz CT molecular complexity index is 302. The largest absolute Gasteiger partial charge is 0.480 e. The van der Waals surface area contributed by atoms with Crippen molar-refractivity contribution in [3.63, 3.8) is 0 Å². The molecule has 1 unspecified atom stereocenters. The van der Waals surface area contributed by atoms with Crippen molar-refractivity contribution in [3.05, 3.63) is 12.4 Å². The first-order chi connectivity index (χ1) is 6.11. The quantitative estimate of drug-likeness (QED) is 0.612. The molecule has 72 valence electrons. The topological polar surface area (TPSA) is 55.1 Å². The van der Waals surface area contributed by atoms with Gasteiger partial charge in [0.1, 0.15) is 5.38 Å². The number of hydrogen-bond acceptors (Lipinski definition) is 3. The van der Waals surface area contributed by atoms with Crippen LogP contribution in [0.15, 0.2) is 17.6 Å². The minimum Gasteiger partial charge on any atom is -0.480 e. The van der Waals surface area contributed by atoms with Gasteiger partial charge in [-0.05, 0) is 0 Å². The lowest BCUT2D eigenvalue weighted by Gasteiger charge is -2.03. The number of aryl methyl sites for hydroxylation is 1. The van der Waals surface area contributed by atoms with Gasteiger partial charge in [-0.1, -0.05) is 11.8 Å². The first kappa shape index (κ1) is 10.4. The normalized spacial score (nSPS) is 12.8. The van der Waals surface area contributed by atoms with Crippen molar-refractivity contribution in [2.75, 3.05) is 5.75 Å². The Labute approximate surface area is 84.9 Å². The van der Waals surface area contributed by atoms with Crippen molar-refractivity contribution >= 4 is 29.3 Å². The molecule has 0 bridgehead atoms. The molecule has 1 heterocycles. The van der Waals surface area contributed by atoms with Crippen LogP contribution >= 0.6 is 23.4 Å². The van der Waals surface area contributed by atoms with Crippen LogP contribution in [0.3, 0.4) is 0 Å². The number of thioether (sulfide) groups is 1. The van der Waals surface area contributed by atoms with E-state index in [0.29, 0.717) is 5.75 Å². The monoisotopic (exact) mass is 220 g/mol. The maximum atomic E-state index is 10.4. The van der Waals surface area contributed by atoms with E-state index >= 15 is 0 Å². The molecular weight excluding hydrogens is 212 g/mol. The summed E-state index contributed by atoms with van der Waals surface area (Å²) in [5.74, 6) is -0.676. The van der Waals surface area contributed by atoms with Gasteiger partial charge < -0.3 is 9.67 Å². The lowest BCUT2D eigenvalue weighted by Crippen LogP contribution is -2.15. The Kier molecular flexibility index (Phi) is 3.62. The molecule has 0 aromatic carbocycles. The van der Waals surface area contributed by atoms with Crippen molar-refractivity contribution < 1.29 is 9.90 Å². The number of halogens is 1. The molecular formula is C7H9ClN2O2S. The Hall–Kier alpha value is -0.680. The van der Waals surface area contributed by atoms with Crippen LogP contribution in [0.4, 0.5) is 0 Å². The van der Waals surface area contributed by atoms with Gasteiger partial charge in [0, 0.05) is 25.2 Å². The smallest absolute Gasteiger partial charge is 0.322 e. The number of imidazole rings is 1. The van der Waals surface area contributed by atoms with Crippen LogP contribution in [0.2, 0.25) is 0 Å². The average molecular weight is 221 g/mol. The minimum absolute atomic E-state index is 0.321. The zero-order valence-electron chi connectivity index (χ0n) is 6.98. The molecule has 0 amide bonds. The van der Waals surface area contributed by atoms with Crippen molar-refractivity contribution in [2.45, 2.75) is 10.5 Å². The summed E-state index contributed by atoms with van der Waals surface area (Å²) >= 11 is 6.86. The summed E-state index contributed by atoms with van der Waals surface area (Å²) in [5, 5.41) is 8.42. The lowest BCUT2D eigenvalue weighted by atomic mass is 10.5. The maximum Gasteiger partial charge on any atom is 0.322 e. The SMILES string of the molecule is Cn1ccnc1SCC(Cl)C(=O)O. The summed E-state index contributed by atoms with van der Waals surface area (Å²) in [4.78, 5) is 14.4. The van der Waals surface area contributed by atoms with Gasteiger partial charge in [-0.2, -0.15) is 0 Å². The zero-order valence-corrected chi connectivity index (χ0v) is 8.55. The highest BCUT2D eigenvalue weighted by atomic mass is 35.5. The number of nitrogens with zero attached hydrogens (tertiary/aromatic N) is 2. The van der Waals surface area contributed by atoms with Gasteiger partial charge in [-0.15, -0.1) is 11.6 Å². The fourth-order valence-electron chi connectivity index (χ4n) is 0.710. The van der Waals surface area contributed by atoms with Crippen molar-refractivity contribution in [2.24, 2.45) is 7.05 Å². The molecule has 0 aliphatic rings. The fourth-order valence-corrected chi connectivity index (χ4v) is 1.74. The number of carboxylic acid groups (broad SMARTS) is 1. The molecule has 4 nitrogen and oxygen atoms in total. The van der Waals surface area contributed by atoms with Crippen LogP contribution in [0.1, 0.15) is 0 Å². The molecule has 1 aromatic heterocycles. The molecule has 0 aliphatic heterocycles. The third-order valence-electron chi connectivity index (χ3n) is 1.40. The third-order valence-corrected chi connectivity index (χ3v) is 3.08. The number of hydrogen-bond donors (Lipinski definition) is 1. The van der Waals surface area contributed by atoms with Crippen LogP contribution in [0.25, 0.3) is 0 Å². The van der Waals surface area contributed by atoms with E-state index < -0.39 is 11.3 Å². The Morgan fingerprint density at radius 3 is 3.08 bits per heavy atom. The van der Waals surface area contributed by atoms with E-state index in [1.807, 2.05) is 11.6 Å². The van der Waals surface area contributed by atoms with Crippen LogP contribution < -0.4 is 0 Å². The van der Waals surface area contributed by atoms with Gasteiger partial charge in [-0.25, -0.2) is 4.98 Å². The van der Waals surface area contributed by atoms with E-state index in [2.05, 4.69) is 4.98 Å². The number of carboxylic acids is 1. The highest BCUT2D eigenvalue weighted by molar-refractivity contribution is 7.99. The second-order valence-corrected chi connectivity index (χ2v) is 3.95. The van der Waals surface area contributed by atoms with Crippen LogP contribution in [-0.4, -0.2) is 31.8 Å². The Morgan fingerprint density at radius 1 is 1.92 bits per heavy atom. The number of rotatable bonds is 4. The second-order valence-electron chi connectivity index (χ2n) is 2.44. The van der Waals surface area contributed by atoms with E-state index in [1.54, 1.807) is 12.4 Å². The molecule has 1 rings (SSSR count). The van der Waals surface area contributed by atoms with Gasteiger partial charge >= 0.3 is 5.97 Å². The molecule has 0 spiro atoms. The van der Waals surface area contributed by atoms with Gasteiger partial charge in [0.15, 0.2) is 5.16 Å². The number of aromatic nitrogens is 2. The molecule has 1 N–H and O–H groups in total. The van der Waals surface area contributed by atoms with E-state index in [9.17, 15) is 4.79 Å². The summed E-state index contributed by atoms with van der Waals surface area (Å²) in [6, 6.07) is 0. The average Bonchev–Trinajstić information content (AvgIpc) is 2.47. The molecule has 13 heavy (non-hydrogen) atoms. The van der Waals surface area contributed by atoms with Crippen LogP contribution in [0, 0.1) is 0 Å². The summed E-state index contributed by atoms with van der Waals surface area (Å²) < 4.78 is 1.82. The molecule has 1 aromatic rings. The highest BCUT2D eigenvalue weighted by Gasteiger charge is 2.14. The van der Waals surface area contributed by atoms with Crippen molar-refractivity contribution in [3.8, 4) is 0 Å². The Morgan fingerprint density at radius 2 is 2.62 bits per heavy atom. The highest BCUT2D eigenvalue weighted by Crippen LogP contribution is 2.17. The minimum atomic E-state index is -0.997. The molecule has 6 heteroatoms. The summed E-state index contributed by atoms with van der Waals surface area (Å²) in [6.07, 6.45) is 3.46. The fraction of sp³-hybridized carbons (Fsp3) is 0.429. The first-order valence-corrected chi connectivity index (χ1v) is 5.00. The predicted molar refractivity (Wildman–Crippen MR) is 51.2 cm³/mol. The van der Waals surface area contributed by atoms with Crippen LogP contribution in [0.5, 0.6) is 0 Å². The summed E-state index contributed by atoms with van der Waals surface area (Å²) in [6.45, 7) is 0. The molecule has 0 saturated heterocycles. The molecule has 0 radical (unpaired) electrons. The molecule has 0 saturated carbocycles. The van der Waals surface area contributed by atoms with Gasteiger partial charge in [-0.3, -0.25) is 4.79 Å². The van der Waals surface area contributed by atoms with E-state index in [-0.39, 0.29) is 0 Å². The van der Waals surface area contributed by atoms with Gasteiger partial charge in [0.25, 0.3) is 0 Å². The predicted octanol–water partition coefficient (Wildman–Crippen LogP) is 1.20. The number of alkyl halides is 1. The molecule has 1 atom stereocenters.